The lowest BCUT2D eigenvalue weighted by Gasteiger charge is -2.11. The van der Waals surface area contributed by atoms with E-state index in [1.165, 1.54) is 30.2 Å². The number of halogens is 1. The van der Waals surface area contributed by atoms with Crippen LogP contribution in [0.25, 0.3) is 0 Å². The van der Waals surface area contributed by atoms with E-state index in [-0.39, 0.29) is 23.5 Å². The number of thioether (sulfide) groups is 1. The molecule has 26 heavy (non-hydrogen) atoms. The average Bonchev–Trinajstić information content (AvgIpc) is 3.02. The van der Waals surface area contributed by atoms with Gasteiger partial charge in [0.25, 0.3) is 0 Å². The van der Waals surface area contributed by atoms with Gasteiger partial charge in [0, 0.05) is 11.1 Å². The molecule has 1 N–H and O–H groups in total. The number of hydrogen-bond donors (Lipinski definition) is 1. The molecule has 0 aliphatic rings. The maximum atomic E-state index is 12.3. The lowest BCUT2D eigenvalue weighted by molar-refractivity contribution is -0.142. The first-order chi connectivity index (χ1) is 12.4. The zero-order valence-electron chi connectivity index (χ0n) is 14.6. The summed E-state index contributed by atoms with van der Waals surface area (Å²) in [4.78, 5) is 28.2. The molecular formula is C17H19ClN2O4S2. The van der Waals surface area contributed by atoms with Gasteiger partial charge in [-0.2, -0.15) is 0 Å². The second-order valence-corrected chi connectivity index (χ2v) is 8.04. The van der Waals surface area contributed by atoms with Gasteiger partial charge in [0.05, 0.1) is 36.1 Å². The van der Waals surface area contributed by atoms with Crippen molar-refractivity contribution in [1.29, 1.82) is 0 Å². The molecule has 1 atom stereocenters. The fourth-order valence-electron chi connectivity index (χ4n) is 1.98. The van der Waals surface area contributed by atoms with E-state index < -0.39 is 0 Å². The van der Waals surface area contributed by atoms with Gasteiger partial charge in [-0.3, -0.25) is 9.59 Å². The van der Waals surface area contributed by atoms with Crippen molar-refractivity contribution in [2.24, 2.45) is 0 Å². The summed E-state index contributed by atoms with van der Waals surface area (Å²) in [6.45, 7) is 3.89. The Labute approximate surface area is 165 Å². The summed E-state index contributed by atoms with van der Waals surface area (Å²) in [6, 6.07) is 5.05. The number of aromatic nitrogens is 1. The number of carbonyl (C=O) groups is 2. The van der Waals surface area contributed by atoms with Crippen LogP contribution in [-0.4, -0.2) is 35.8 Å². The predicted molar refractivity (Wildman–Crippen MR) is 104 cm³/mol. The molecule has 2 rings (SSSR count). The van der Waals surface area contributed by atoms with Crippen molar-refractivity contribution in [2.75, 3.05) is 19.0 Å². The van der Waals surface area contributed by atoms with Gasteiger partial charge in [-0.05, 0) is 32.0 Å². The Balaban J connectivity index is 1.91. The first-order valence-corrected chi connectivity index (χ1v) is 9.97. The minimum atomic E-state index is -0.363. The van der Waals surface area contributed by atoms with Gasteiger partial charge in [-0.25, -0.2) is 4.98 Å². The SMILES string of the molecule is CCOC(=O)Cc1csc(S[C@H](C)C(=O)Nc2ccc(OC)c(Cl)c2)n1. The van der Waals surface area contributed by atoms with Crippen molar-refractivity contribution in [3.8, 4) is 5.75 Å². The van der Waals surface area contributed by atoms with E-state index in [0.717, 1.165) is 4.34 Å². The van der Waals surface area contributed by atoms with E-state index >= 15 is 0 Å². The number of esters is 1. The van der Waals surface area contributed by atoms with Crippen LogP contribution in [0.15, 0.2) is 27.9 Å². The largest absolute Gasteiger partial charge is 0.495 e. The molecule has 0 aliphatic carbocycles. The first-order valence-electron chi connectivity index (χ1n) is 7.84. The fourth-order valence-corrected chi connectivity index (χ4v) is 4.21. The third-order valence-corrected chi connectivity index (χ3v) is 5.64. The fraction of sp³-hybridized carbons (Fsp3) is 0.353. The average molecular weight is 415 g/mol. The van der Waals surface area contributed by atoms with Crippen LogP contribution in [0.4, 0.5) is 5.69 Å². The summed E-state index contributed by atoms with van der Waals surface area (Å²) >= 11 is 8.79. The van der Waals surface area contributed by atoms with Gasteiger partial charge in [-0.15, -0.1) is 11.3 Å². The third-order valence-electron chi connectivity index (χ3n) is 3.23. The van der Waals surface area contributed by atoms with Crippen LogP contribution in [0.1, 0.15) is 19.5 Å². The topological polar surface area (TPSA) is 77.5 Å². The molecule has 1 aromatic carbocycles. The molecule has 1 heterocycles. The number of benzene rings is 1. The van der Waals surface area contributed by atoms with E-state index in [2.05, 4.69) is 10.3 Å². The van der Waals surface area contributed by atoms with Crippen LogP contribution in [0.2, 0.25) is 5.02 Å². The zero-order chi connectivity index (χ0) is 19.1. The van der Waals surface area contributed by atoms with Crippen LogP contribution in [-0.2, 0) is 20.7 Å². The molecule has 0 fully saturated rings. The van der Waals surface area contributed by atoms with Crippen molar-refractivity contribution in [3.63, 3.8) is 0 Å². The third kappa shape index (κ3) is 5.89. The van der Waals surface area contributed by atoms with E-state index in [1.807, 2.05) is 0 Å². The summed E-state index contributed by atoms with van der Waals surface area (Å²) in [7, 11) is 1.53. The molecule has 140 valence electrons. The number of hydrogen-bond acceptors (Lipinski definition) is 7. The van der Waals surface area contributed by atoms with Gasteiger partial charge in [0.2, 0.25) is 5.91 Å². The highest BCUT2D eigenvalue weighted by Crippen LogP contribution is 2.30. The van der Waals surface area contributed by atoms with Crippen LogP contribution in [0, 0.1) is 0 Å². The second-order valence-electron chi connectivity index (χ2n) is 5.19. The molecular weight excluding hydrogens is 396 g/mol. The predicted octanol–water partition coefficient (Wildman–Crippen LogP) is 4.03. The van der Waals surface area contributed by atoms with Gasteiger partial charge in [0.1, 0.15) is 5.75 Å². The van der Waals surface area contributed by atoms with Crippen LogP contribution in [0.5, 0.6) is 5.75 Å². The normalized spacial score (nSPS) is 11.7. The van der Waals surface area contributed by atoms with Crippen molar-refractivity contribution < 1.29 is 19.1 Å². The van der Waals surface area contributed by atoms with E-state index in [0.29, 0.717) is 28.8 Å². The molecule has 0 spiro atoms. The molecule has 1 aromatic heterocycles. The second kappa shape index (κ2) is 9.80. The lowest BCUT2D eigenvalue weighted by Crippen LogP contribution is -2.22. The van der Waals surface area contributed by atoms with Gasteiger partial charge < -0.3 is 14.8 Å². The molecule has 0 aliphatic heterocycles. The Kier molecular flexibility index (Phi) is 7.74. The number of nitrogens with one attached hydrogen (secondary N) is 1. The van der Waals surface area contributed by atoms with E-state index in [1.54, 1.807) is 37.4 Å². The Hall–Kier alpha value is -1.77. The van der Waals surface area contributed by atoms with Crippen LogP contribution >= 0.6 is 34.7 Å². The summed E-state index contributed by atoms with van der Waals surface area (Å²) in [5, 5.41) is 4.67. The zero-order valence-corrected chi connectivity index (χ0v) is 17.0. The number of carbonyl (C=O) groups excluding carboxylic acids is 2. The van der Waals surface area contributed by atoms with Crippen molar-refractivity contribution in [2.45, 2.75) is 29.9 Å². The quantitative estimate of drug-likeness (QED) is 0.519. The van der Waals surface area contributed by atoms with Crippen molar-refractivity contribution >= 4 is 52.3 Å². The first kappa shape index (κ1) is 20.5. The smallest absolute Gasteiger partial charge is 0.311 e. The molecule has 0 radical (unpaired) electrons. The van der Waals surface area contributed by atoms with E-state index in [4.69, 9.17) is 21.1 Å². The molecule has 6 nitrogen and oxygen atoms in total. The lowest BCUT2D eigenvalue weighted by atomic mass is 10.3. The molecule has 0 saturated heterocycles. The number of anilines is 1. The standard InChI is InChI=1S/C17H19ClN2O4S2/c1-4-24-15(21)8-12-9-25-17(20-12)26-10(2)16(22)19-11-5-6-14(23-3)13(18)7-11/h5-7,9-10H,4,8H2,1-3H3,(H,19,22)/t10-/m1/s1. The molecule has 2 aromatic rings. The minimum Gasteiger partial charge on any atom is -0.495 e. The highest BCUT2D eigenvalue weighted by molar-refractivity contribution is 8.02. The van der Waals surface area contributed by atoms with Crippen molar-refractivity contribution in [1.82, 2.24) is 4.98 Å². The van der Waals surface area contributed by atoms with Crippen LogP contribution < -0.4 is 10.1 Å². The molecule has 9 heteroatoms. The number of nitrogens with zero attached hydrogens (tertiary/aromatic N) is 1. The molecule has 1 amide bonds. The van der Waals surface area contributed by atoms with Crippen LogP contribution in [0.3, 0.4) is 0 Å². The van der Waals surface area contributed by atoms with Gasteiger partial charge in [0.15, 0.2) is 4.34 Å². The molecule has 0 saturated carbocycles. The highest BCUT2D eigenvalue weighted by atomic mass is 35.5. The maximum Gasteiger partial charge on any atom is 0.311 e. The van der Waals surface area contributed by atoms with Gasteiger partial charge in [-0.1, -0.05) is 23.4 Å². The number of amides is 1. The minimum absolute atomic E-state index is 0.135. The molecule has 0 bridgehead atoms. The number of thiazole rings is 1. The Morgan fingerprint density at radius 2 is 2.19 bits per heavy atom. The summed E-state index contributed by atoms with van der Waals surface area (Å²) in [5.41, 5.74) is 1.24. The number of rotatable bonds is 8. The maximum absolute atomic E-state index is 12.3. The highest BCUT2D eigenvalue weighted by Gasteiger charge is 2.18. The Morgan fingerprint density at radius 1 is 1.42 bits per heavy atom. The van der Waals surface area contributed by atoms with E-state index in [9.17, 15) is 9.59 Å². The number of ether oxygens (including phenoxy) is 2. The summed E-state index contributed by atoms with van der Waals surface area (Å²) in [5.74, 6) is 0.0684. The molecule has 0 unspecified atom stereocenters. The number of methoxy groups -OCH3 is 1. The monoisotopic (exact) mass is 414 g/mol. The summed E-state index contributed by atoms with van der Waals surface area (Å²) < 4.78 is 10.7. The Bertz CT molecular complexity index is 782. The summed E-state index contributed by atoms with van der Waals surface area (Å²) in [6.07, 6.45) is 0.135. The Morgan fingerprint density at radius 3 is 2.85 bits per heavy atom. The van der Waals surface area contributed by atoms with Crippen molar-refractivity contribution in [3.05, 3.63) is 34.3 Å². The van der Waals surface area contributed by atoms with Gasteiger partial charge >= 0.3 is 5.97 Å².